The molecule has 2 N–H and O–H groups in total. The van der Waals surface area contributed by atoms with Crippen LogP contribution in [0, 0.1) is 6.92 Å². The fourth-order valence-electron chi connectivity index (χ4n) is 3.56. The smallest absolute Gasteiger partial charge is 0.255 e. The van der Waals surface area contributed by atoms with Crippen molar-refractivity contribution in [1.82, 2.24) is 14.8 Å². The van der Waals surface area contributed by atoms with Crippen LogP contribution in [0.2, 0.25) is 0 Å². The van der Waals surface area contributed by atoms with Gasteiger partial charge in [-0.2, -0.15) is 10.1 Å². The van der Waals surface area contributed by atoms with Crippen molar-refractivity contribution in [2.75, 3.05) is 17.2 Å². The van der Waals surface area contributed by atoms with E-state index >= 15 is 0 Å². The lowest BCUT2D eigenvalue weighted by atomic mass is 9.94. The van der Waals surface area contributed by atoms with Crippen molar-refractivity contribution in [3.8, 4) is 5.75 Å². The maximum atomic E-state index is 13.3. The third kappa shape index (κ3) is 3.71. The van der Waals surface area contributed by atoms with E-state index in [1.165, 1.54) is 6.33 Å². The van der Waals surface area contributed by atoms with Crippen LogP contribution in [0.5, 0.6) is 5.75 Å². The number of aryl methyl sites for hydroxylation is 1. The van der Waals surface area contributed by atoms with E-state index in [2.05, 4.69) is 20.7 Å². The van der Waals surface area contributed by atoms with E-state index in [-0.39, 0.29) is 5.91 Å². The predicted molar refractivity (Wildman–Crippen MR) is 112 cm³/mol. The Morgan fingerprint density at radius 3 is 2.83 bits per heavy atom. The average Bonchev–Trinajstić information content (AvgIpc) is 3.15. The van der Waals surface area contributed by atoms with Crippen LogP contribution in [0.25, 0.3) is 0 Å². The van der Waals surface area contributed by atoms with Crippen LogP contribution in [-0.2, 0) is 4.79 Å². The molecule has 4 rings (SSSR count). The van der Waals surface area contributed by atoms with Crippen LogP contribution in [0.1, 0.15) is 31.0 Å². The molecule has 7 heteroatoms. The summed E-state index contributed by atoms with van der Waals surface area (Å²) >= 11 is 0. The fraction of sp³-hybridized carbons (Fsp3) is 0.227. The molecule has 1 unspecified atom stereocenters. The second-order valence-electron chi connectivity index (χ2n) is 6.92. The quantitative estimate of drug-likeness (QED) is 0.691. The van der Waals surface area contributed by atoms with Gasteiger partial charge in [-0.05, 0) is 56.2 Å². The van der Waals surface area contributed by atoms with Gasteiger partial charge in [0.15, 0.2) is 0 Å². The van der Waals surface area contributed by atoms with Gasteiger partial charge in [-0.3, -0.25) is 4.79 Å². The zero-order chi connectivity index (χ0) is 20.4. The van der Waals surface area contributed by atoms with Gasteiger partial charge < -0.3 is 15.4 Å². The Labute approximate surface area is 169 Å². The Bertz CT molecular complexity index is 1090. The molecule has 0 bridgehead atoms. The molecule has 7 nitrogen and oxygen atoms in total. The highest BCUT2D eigenvalue weighted by Gasteiger charge is 2.33. The Hall–Kier alpha value is -3.61. The van der Waals surface area contributed by atoms with E-state index in [1.54, 1.807) is 4.68 Å². The van der Waals surface area contributed by atoms with Crippen LogP contribution in [0.3, 0.4) is 0 Å². The first kappa shape index (κ1) is 18.7. The summed E-state index contributed by atoms with van der Waals surface area (Å²) in [5.74, 6) is 1.16. The van der Waals surface area contributed by atoms with Crippen molar-refractivity contribution < 1.29 is 9.53 Å². The number of hydrogen-bond donors (Lipinski definition) is 2. The molecule has 29 heavy (non-hydrogen) atoms. The number of aromatic nitrogens is 3. The molecule has 1 aliphatic rings. The van der Waals surface area contributed by atoms with Crippen LogP contribution < -0.4 is 15.4 Å². The molecule has 1 aromatic heterocycles. The lowest BCUT2D eigenvalue weighted by molar-refractivity contribution is -0.113. The zero-order valence-electron chi connectivity index (χ0n) is 16.6. The Balaban J connectivity index is 1.75. The number of carbonyl (C=O) groups is 1. The number of nitrogens with one attached hydrogen (secondary N) is 2. The van der Waals surface area contributed by atoms with Crippen molar-refractivity contribution in [2.45, 2.75) is 26.8 Å². The number of rotatable bonds is 5. The number of benzene rings is 2. The molecule has 0 radical (unpaired) electrons. The number of hydrogen-bond acceptors (Lipinski definition) is 5. The molecule has 1 atom stereocenters. The number of ether oxygens (including phenoxy) is 1. The molecule has 3 aromatic rings. The van der Waals surface area contributed by atoms with Gasteiger partial charge >= 0.3 is 0 Å². The number of amides is 1. The Kier molecular flexibility index (Phi) is 5.03. The zero-order valence-corrected chi connectivity index (χ0v) is 16.6. The number of nitrogens with zero attached hydrogens (tertiary/aromatic N) is 3. The van der Waals surface area contributed by atoms with E-state index in [0.717, 1.165) is 28.3 Å². The largest absolute Gasteiger partial charge is 0.494 e. The molecule has 0 aliphatic carbocycles. The second kappa shape index (κ2) is 7.79. The monoisotopic (exact) mass is 389 g/mol. The van der Waals surface area contributed by atoms with E-state index in [0.29, 0.717) is 18.1 Å². The van der Waals surface area contributed by atoms with Crippen molar-refractivity contribution >= 4 is 17.5 Å². The minimum Gasteiger partial charge on any atom is -0.494 e. The molecular formula is C22H23N5O2. The maximum absolute atomic E-state index is 13.3. The topological polar surface area (TPSA) is 81.1 Å². The summed E-state index contributed by atoms with van der Waals surface area (Å²) in [6.45, 7) is 6.38. The third-order valence-electron chi connectivity index (χ3n) is 4.80. The van der Waals surface area contributed by atoms with Crippen LogP contribution in [0.15, 0.2) is 66.1 Å². The van der Waals surface area contributed by atoms with Gasteiger partial charge in [0, 0.05) is 11.4 Å². The van der Waals surface area contributed by atoms with Gasteiger partial charge in [0.25, 0.3) is 5.91 Å². The molecule has 2 heterocycles. The number of fused-ring (bicyclic) bond motifs is 1. The second-order valence-corrected chi connectivity index (χ2v) is 6.92. The van der Waals surface area contributed by atoms with Crippen LogP contribution in [-0.4, -0.2) is 27.3 Å². The van der Waals surface area contributed by atoms with Crippen molar-refractivity contribution in [3.63, 3.8) is 0 Å². The molecule has 0 fully saturated rings. The van der Waals surface area contributed by atoms with E-state index < -0.39 is 6.04 Å². The summed E-state index contributed by atoms with van der Waals surface area (Å²) in [6.07, 6.45) is 1.48. The minimum atomic E-state index is -0.418. The molecule has 1 aliphatic heterocycles. The lowest BCUT2D eigenvalue weighted by Gasteiger charge is -2.29. The highest BCUT2D eigenvalue weighted by molar-refractivity contribution is 6.06. The number of anilines is 2. The summed E-state index contributed by atoms with van der Waals surface area (Å²) in [7, 11) is 0. The highest BCUT2D eigenvalue weighted by atomic mass is 16.5. The molecule has 0 saturated carbocycles. The summed E-state index contributed by atoms with van der Waals surface area (Å²) in [5, 5.41) is 10.6. The molecule has 0 saturated heterocycles. The summed E-state index contributed by atoms with van der Waals surface area (Å²) in [4.78, 5) is 17.6. The van der Waals surface area contributed by atoms with Gasteiger partial charge in [-0.25, -0.2) is 4.68 Å². The number of allylic oxidation sites excluding steroid dienone is 1. The SMILES string of the molecule is CCOc1cccc(C2C(C(=O)Nc3cccc(C)c3)=C(C)Nc3ncnn32)c1. The highest BCUT2D eigenvalue weighted by Crippen LogP contribution is 2.36. The van der Waals surface area contributed by atoms with Crippen LogP contribution in [0.4, 0.5) is 11.6 Å². The summed E-state index contributed by atoms with van der Waals surface area (Å²) in [5.41, 5.74) is 4.05. The molecule has 148 valence electrons. The number of carbonyl (C=O) groups excluding carboxylic acids is 1. The average molecular weight is 389 g/mol. The predicted octanol–water partition coefficient (Wildman–Crippen LogP) is 3.91. The molecular weight excluding hydrogens is 366 g/mol. The first-order chi connectivity index (χ1) is 14.1. The first-order valence-electron chi connectivity index (χ1n) is 9.55. The molecule has 0 spiro atoms. The van der Waals surface area contributed by atoms with Gasteiger partial charge in [0.1, 0.15) is 18.1 Å². The standard InChI is InChI=1S/C22H23N5O2/c1-4-29-18-10-6-8-16(12-18)20-19(15(3)25-22-23-13-24-27(20)22)21(28)26-17-9-5-7-14(2)11-17/h5-13,20H,4H2,1-3H3,(H,26,28)(H,23,24,25). The summed E-state index contributed by atoms with van der Waals surface area (Å²) < 4.78 is 7.39. The van der Waals surface area contributed by atoms with Gasteiger partial charge in [-0.1, -0.05) is 24.3 Å². The first-order valence-corrected chi connectivity index (χ1v) is 9.55. The van der Waals surface area contributed by atoms with Crippen molar-refractivity contribution in [1.29, 1.82) is 0 Å². The van der Waals surface area contributed by atoms with Crippen molar-refractivity contribution in [3.05, 3.63) is 77.3 Å². The van der Waals surface area contributed by atoms with E-state index in [1.807, 2.05) is 69.3 Å². The maximum Gasteiger partial charge on any atom is 0.255 e. The lowest BCUT2D eigenvalue weighted by Crippen LogP contribution is -2.31. The van der Waals surface area contributed by atoms with E-state index in [9.17, 15) is 4.79 Å². The van der Waals surface area contributed by atoms with Crippen LogP contribution >= 0.6 is 0 Å². The molecule has 2 aromatic carbocycles. The Morgan fingerprint density at radius 1 is 1.21 bits per heavy atom. The van der Waals surface area contributed by atoms with Crippen molar-refractivity contribution in [2.24, 2.45) is 0 Å². The van der Waals surface area contributed by atoms with Gasteiger partial charge in [0.2, 0.25) is 5.95 Å². The van der Waals surface area contributed by atoms with Gasteiger partial charge in [0.05, 0.1) is 12.2 Å². The fourth-order valence-corrected chi connectivity index (χ4v) is 3.56. The Morgan fingerprint density at radius 2 is 2.03 bits per heavy atom. The summed E-state index contributed by atoms with van der Waals surface area (Å²) in [6, 6.07) is 15.0. The normalized spacial score (nSPS) is 15.5. The molecule has 1 amide bonds. The van der Waals surface area contributed by atoms with Gasteiger partial charge in [-0.15, -0.1) is 0 Å². The third-order valence-corrected chi connectivity index (χ3v) is 4.80. The van der Waals surface area contributed by atoms with E-state index in [4.69, 9.17) is 4.74 Å². The minimum absolute atomic E-state index is 0.187.